The number of fused-ring (bicyclic) bond motifs is 4. The van der Waals surface area contributed by atoms with E-state index in [1.165, 1.54) is 4.88 Å². The maximum absolute atomic E-state index is 13.7. The average Bonchev–Trinajstić information content (AvgIpc) is 4.01. The van der Waals surface area contributed by atoms with Gasteiger partial charge in [0.05, 0.1) is 58.6 Å². The Labute approximate surface area is 429 Å². The van der Waals surface area contributed by atoms with Gasteiger partial charge in [0, 0.05) is 71.9 Å². The summed E-state index contributed by atoms with van der Waals surface area (Å²) in [6, 6.07) is 24.4. The van der Waals surface area contributed by atoms with Crippen molar-refractivity contribution in [1.29, 1.82) is 0 Å². The van der Waals surface area contributed by atoms with Gasteiger partial charge in [-0.2, -0.15) is 13.5 Å². The molecule has 18 heteroatoms. The number of aliphatic imine (C=N–C) groups is 1. The van der Waals surface area contributed by atoms with E-state index in [9.17, 15) is 14.4 Å². The summed E-state index contributed by atoms with van der Waals surface area (Å²) < 4.78 is 30.6. The number of thiophene rings is 1. The summed E-state index contributed by atoms with van der Waals surface area (Å²) >= 11 is 7.94. The monoisotopic (exact) mass is 1020 g/mol. The maximum Gasteiger partial charge on any atom is 0.273 e. The number of Topliss-reactive ketones (excluding diaryl/α,β-unsaturated/α-hetero) is 2. The fourth-order valence-corrected chi connectivity index (χ4v) is 10.2. The third kappa shape index (κ3) is 12.5. The van der Waals surface area contributed by atoms with E-state index in [1.54, 1.807) is 16.2 Å². The lowest BCUT2D eigenvalue weighted by Crippen LogP contribution is -2.41. The minimum Gasteiger partial charge on any atom is -0.491 e. The van der Waals surface area contributed by atoms with Crippen LogP contribution in [0.15, 0.2) is 83.9 Å². The minimum absolute atomic E-state index is 0. The van der Waals surface area contributed by atoms with Crippen LogP contribution in [0, 0.1) is 20.8 Å². The molecule has 3 aliphatic rings. The number of aryl methyl sites for hydroxylation is 2. The zero-order valence-corrected chi connectivity index (χ0v) is 42.7. The molecule has 1 amide bonds. The molecule has 1 atom stereocenters. The molecule has 0 bridgehead atoms. The number of aromatic nitrogens is 4. The Morgan fingerprint density at radius 3 is 2.25 bits per heavy atom. The molecule has 1 saturated heterocycles. The first-order valence-corrected chi connectivity index (χ1v) is 24.9. The van der Waals surface area contributed by atoms with E-state index < -0.39 is 6.04 Å². The van der Waals surface area contributed by atoms with Crippen molar-refractivity contribution in [2.45, 2.75) is 52.5 Å². The molecule has 1 fully saturated rings. The molecular formula is C53H58ClN7O8S2. The van der Waals surface area contributed by atoms with Gasteiger partial charge in [-0.25, -0.2) is 4.98 Å². The summed E-state index contributed by atoms with van der Waals surface area (Å²) in [5.41, 5.74) is 8.83. The van der Waals surface area contributed by atoms with E-state index in [4.69, 9.17) is 45.3 Å². The summed E-state index contributed by atoms with van der Waals surface area (Å²) in [6.07, 6.45) is 1.30. The van der Waals surface area contributed by atoms with E-state index in [0.717, 1.165) is 61.0 Å². The number of ether oxygens (including phenoxy) is 5. The van der Waals surface area contributed by atoms with Crippen molar-refractivity contribution < 1.29 is 38.1 Å². The Morgan fingerprint density at radius 1 is 0.817 bits per heavy atom. The van der Waals surface area contributed by atoms with Gasteiger partial charge in [-0.15, -0.1) is 21.5 Å². The number of rotatable bonds is 21. The number of pyridine rings is 1. The van der Waals surface area contributed by atoms with E-state index in [2.05, 4.69) is 33.9 Å². The lowest BCUT2D eigenvalue weighted by molar-refractivity contribution is -0.119. The molecule has 3 aromatic carbocycles. The standard InChI is InChI=1S/C53H56ClN7O8S.H2S/c1-33-34(2)70-53-48(33)49(37-8-10-41(54)11-9-37)56-46(51-59-58-35(3)61(51)53)32-42(62)28-36-4-12-44(13-5-36)69-27-26-68-25-24-67-23-22-65-19-16-55-47-15-14-45(39-7-6-38-30-43(63)31-40(38)29-39)50(57-47)52(64)60-17-20-66-21-18-60;/h4-15,29,46H,16-28,30-32H2,1-3H3,(H,55,57);1H2/t46-;/m0./s1. The number of amides is 1. The highest BCUT2D eigenvalue weighted by Crippen LogP contribution is 2.40. The van der Waals surface area contributed by atoms with Crippen LogP contribution in [0.3, 0.4) is 0 Å². The van der Waals surface area contributed by atoms with E-state index in [0.29, 0.717) is 120 Å². The summed E-state index contributed by atoms with van der Waals surface area (Å²) in [5, 5.41) is 13.9. The predicted octanol–water partition coefficient (Wildman–Crippen LogP) is 7.86. The molecule has 71 heavy (non-hydrogen) atoms. The molecule has 0 spiro atoms. The first-order valence-electron chi connectivity index (χ1n) is 23.7. The quantitative estimate of drug-likeness (QED) is 0.0695. The second kappa shape index (κ2) is 24.1. The number of anilines is 1. The van der Waals surface area contributed by atoms with Gasteiger partial charge in [0.1, 0.15) is 52.3 Å². The van der Waals surface area contributed by atoms with Crippen molar-refractivity contribution in [2.75, 3.05) is 84.4 Å². The third-order valence-electron chi connectivity index (χ3n) is 12.6. The van der Waals surface area contributed by atoms with Gasteiger partial charge in [-0.05, 0) is 85.0 Å². The summed E-state index contributed by atoms with van der Waals surface area (Å²) in [6.45, 7) is 11.5. The summed E-state index contributed by atoms with van der Waals surface area (Å²) in [7, 11) is 0. The number of morpholine rings is 1. The highest BCUT2D eigenvalue weighted by molar-refractivity contribution is 7.59. The number of nitrogens with one attached hydrogen (secondary N) is 1. The fourth-order valence-electron chi connectivity index (χ4n) is 8.85. The summed E-state index contributed by atoms with van der Waals surface area (Å²) in [4.78, 5) is 52.4. The minimum atomic E-state index is -0.518. The van der Waals surface area contributed by atoms with Crippen LogP contribution in [0.25, 0.3) is 16.1 Å². The Balaban J connectivity index is 0.00000676. The van der Waals surface area contributed by atoms with Crippen LogP contribution in [0.2, 0.25) is 5.02 Å². The maximum atomic E-state index is 13.7. The van der Waals surface area contributed by atoms with Crippen molar-refractivity contribution in [3.05, 3.63) is 139 Å². The molecule has 372 valence electrons. The first-order chi connectivity index (χ1) is 34.1. The highest BCUT2D eigenvalue weighted by atomic mass is 35.5. The van der Waals surface area contributed by atoms with Crippen LogP contribution in [-0.4, -0.2) is 127 Å². The van der Waals surface area contributed by atoms with Crippen molar-refractivity contribution in [3.8, 4) is 21.9 Å². The van der Waals surface area contributed by atoms with Gasteiger partial charge in [-0.1, -0.05) is 54.1 Å². The van der Waals surface area contributed by atoms with Gasteiger partial charge < -0.3 is 33.9 Å². The number of hydrogen-bond donors (Lipinski definition) is 1. The Hall–Kier alpha value is -5.79. The third-order valence-corrected chi connectivity index (χ3v) is 14.0. The van der Waals surface area contributed by atoms with Crippen LogP contribution < -0.4 is 10.1 Å². The molecule has 5 heterocycles. The van der Waals surface area contributed by atoms with Crippen molar-refractivity contribution in [2.24, 2.45) is 4.99 Å². The molecule has 0 radical (unpaired) electrons. The van der Waals surface area contributed by atoms with Crippen molar-refractivity contribution in [1.82, 2.24) is 24.6 Å². The highest BCUT2D eigenvalue weighted by Gasteiger charge is 2.33. The zero-order chi connectivity index (χ0) is 48.6. The number of carbonyl (C=O) groups excluding carboxylic acids is 3. The van der Waals surface area contributed by atoms with Crippen LogP contribution in [0.5, 0.6) is 5.75 Å². The fraction of sp³-hybridized carbons (Fsp3) is 0.377. The normalized spacial score (nSPS) is 15.0. The molecule has 1 N–H and O–H groups in total. The molecule has 9 rings (SSSR count). The van der Waals surface area contributed by atoms with E-state index in [-0.39, 0.29) is 43.8 Å². The molecule has 3 aromatic heterocycles. The zero-order valence-electron chi connectivity index (χ0n) is 40.1. The molecular weight excluding hydrogens is 962 g/mol. The van der Waals surface area contributed by atoms with Crippen molar-refractivity contribution >= 4 is 65.4 Å². The van der Waals surface area contributed by atoms with Crippen LogP contribution >= 0.6 is 36.4 Å². The number of hydrogen-bond acceptors (Lipinski definition) is 14. The molecule has 2 aliphatic heterocycles. The Bertz CT molecular complexity index is 2880. The second-order valence-electron chi connectivity index (χ2n) is 17.5. The molecule has 15 nitrogen and oxygen atoms in total. The summed E-state index contributed by atoms with van der Waals surface area (Å²) in [5.74, 6) is 2.78. The lowest BCUT2D eigenvalue weighted by Gasteiger charge is -2.27. The number of ketones is 2. The Morgan fingerprint density at radius 2 is 1.51 bits per heavy atom. The van der Waals surface area contributed by atoms with Gasteiger partial charge in [0.2, 0.25) is 0 Å². The van der Waals surface area contributed by atoms with E-state index >= 15 is 0 Å². The number of benzene rings is 3. The van der Waals surface area contributed by atoms with Crippen LogP contribution in [0.4, 0.5) is 5.82 Å². The smallest absolute Gasteiger partial charge is 0.273 e. The average molecular weight is 1020 g/mol. The van der Waals surface area contributed by atoms with E-state index in [1.807, 2.05) is 85.8 Å². The topological polar surface area (TPSA) is 169 Å². The largest absolute Gasteiger partial charge is 0.491 e. The number of halogens is 1. The molecule has 6 aromatic rings. The predicted molar refractivity (Wildman–Crippen MR) is 279 cm³/mol. The van der Waals surface area contributed by atoms with Gasteiger partial charge >= 0.3 is 0 Å². The van der Waals surface area contributed by atoms with Crippen molar-refractivity contribution in [3.63, 3.8) is 0 Å². The number of nitrogens with zero attached hydrogens (tertiary/aromatic N) is 6. The first kappa shape index (κ1) is 51.6. The molecule has 1 aliphatic carbocycles. The van der Waals surface area contributed by atoms with Gasteiger partial charge in [-0.3, -0.25) is 23.9 Å². The second-order valence-corrected chi connectivity index (χ2v) is 19.1. The SMILES string of the molecule is Cc1sc2c(c1C)C(c1ccc(Cl)cc1)=N[C@@H](CC(=O)Cc1ccc(OCCOCCOCCOCCNc3ccc(-c4ccc5c(c4)CC(=O)C5)c(C(=O)N4CCOCC4)n3)cc1)c1nnc(C)n1-2.S. The molecule has 0 saturated carbocycles. The van der Waals surface area contributed by atoms with Gasteiger partial charge in [0.15, 0.2) is 5.82 Å². The lowest BCUT2D eigenvalue weighted by atomic mass is 9.98. The van der Waals surface area contributed by atoms with Crippen LogP contribution in [-0.2, 0) is 47.8 Å². The van der Waals surface area contributed by atoms with Crippen LogP contribution in [0.1, 0.15) is 72.9 Å². The Kier molecular flexibility index (Phi) is 17.5. The van der Waals surface area contributed by atoms with Gasteiger partial charge in [0.25, 0.3) is 5.91 Å². The number of carbonyl (C=O) groups is 3. The molecule has 0 unspecified atom stereocenters.